The fourth-order valence-corrected chi connectivity index (χ4v) is 2.68. The number of carbonyl (C=O) groups is 1. The molecule has 0 radical (unpaired) electrons. The molecule has 1 heterocycles. The first-order chi connectivity index (χ1) is 8.63. The van der Waals surface area contributed by atoms with Gasteiger partial charge in [-0.05, 0) is 24.6 Å². The number of benzene rings is 1. The van der Waals surface area contributed by atoms with E-state index in [0.717, 1.165) is 12.1 Å². The number of rotatable bonds is 3. The van der Waals surface area contributed by atoms with E-state index in [2.05, 4.69) is 5.32 Å². The highest BCUT2D eigenvalue weighted by atomic mass is 35.5. The number of carboxylic acid groups (broad SMARTS) is 1. The lowest BCUT2D eigenvalue weighted by molar-refractivity contribution is 0.127. The highest BCUT2D eigenvalue weighted by molar-refractivity contribution is 6.30. The van der Waals surface area contributed by atoms with Crippen LogP contribution in [0, 0.1) is 0 Å². The maximum absolute atomic E-state index is 11.2. The standard InChI is InChI=1S/C13H17ClN2O2/c1-2-16(13(17)18)12-8-15-7-11(12)9-3-5-10(14)6-4-9/h3-6,11-12,15H,2,7-8H2,1H3,(H,17,18)/t11-,12+/m0/s1. The van der Waals surface area contributed by atoms with Crippen LogP contribution in [0.5, 0.6) is 0 Å². The predicted molar refractivity (Wildman–Crippen MR) is 71.3 cm³/mol. The summed E-state index contributed by atoms with van der Waals surface area (Å²) in [5.41, 5.74) is 1.13. The zero-order valence-electron chi connectivity index (χ0n) is 10.3. The molecule has 1 amide bonds. The molecule has 98 valence electrons. The number of likely N-dealkylation sites (N-methyl/N-ethyl adjacent to an activating group) is 1. The van der Waals surface area contributed by atoms with E-state index in [0.29, 0.717) is 18.1 Å². The van der Waals surface area contributed by atoms with E-state index < -0.39 is 6.09 Å². The summed E-state index contributed by atoms with van der Waals surface area (Å²) < 4.78 is 0. The van der Waals surface area contributed by atoms with Gasteiger partial charge in [0.1, 0.15) is 0 Å². The van der Waals surface area contributed by atoms with Crippen molar-refractivity contribution in [2.45, 2.75) is 18.9 Å². The summed E-state index contributed by atoms with van der Waals surface area (Å²) in [4.78, 5) is 12.7. The Morgan fingerprint density at radius 2 is 2.11 bits per heavy atom. The maximum Gasteiger partial charge on any atom is 0.407 e. The van der Waals surface area contributed by atoms with Gasteiger partial charge < -0.3 is 15.3 Å². The van der Waals surface area contributed by atoms with E-state index in [-0.39, 0.29) is 12.0 Å². The smallest absolute Gasteiger partial charge is 0.407 e. The molecule has 1 fully saturated rings. The van der Waals surface area contributed by atoms with Gasteiger partial charge in [-0.1, -0.05) is 23.7 Å². The van der Waals surface area contributed by atoms with Gasteiger partial charge in [0.15, 0.2) is 0 Å². The summed E-state index contributed by atoms with van der Waals surface area (Å²) in [6, 6.07) is 7.64. The number of hydrogen-bond donors (Lipinski definition) is 2. The third-order valence-corrected chi connectivity index (χ3v) is 3.72. The van der Waals surface area contributed by atoms with Crippen LogP contribution in [0.4, 0.5) is 4.79 Å². The zero-order chi connectivity index (χ0) is 13.1. The monoisotopic (exact) mass is 268 g/mol. The summed E-state index contributed by atoms with van der Waals surface area (Å²) in [5.74, 6) is 0.193. The van der Waals surface area contributed by atoms with Gasteiger partial charge in [0, 0.05) is 30.6 Å². The fraction of sp³-hybridized carbons (Fsp3) is 0.462. The van der Waals surface area contributed by atoms with E-state index in [1.807, 2.05) is 31.2 Å². The van der Waals surface area contributed by atoms with Crippen LogP contribution in [0.25, 0.3) is 0 Å². The number of nitrogens with zero attached hydrogens (tertiary/aromatic N) is 1. The zero-order valence-corrected chi connectivity index (χ0v) is 11.0. The molecule has 2 N–H and O–H groups in total. The van der Waals surface area contributed by atoms with Crippen molar-refractivity contribution in [1.29, 1.82) is 0 Å². The van der Waals surface area contributed by atoms with Gasteiger partial charge in [-0.3, -0.25) is 0 Å². The Hall–Kier alpha value is -1.26. The van der Waals surface area contributed by atoms with Crippen LogP contribution < -0.4 is 5.32 Å². The lowest BCUT2D eigenvalue weighted by atomic mass is 9.93. The first-order valence-corrected chi connectivity index (χ1v) is 6.47. The van der Waals surface area contributed by atoms with Crippen LogP contribution in [0.1, 0.15) is 18.4 Å². The normalized spacial score (nSPS) is 23.0. The molecule has 5 heteroatoms. The average Bonchev–Trinajstić information content (AvgIpc) is 2.79. The van der Waals surface area contributed by atoms with E-state index in [9.17, 15) is 9.90 Å². The van der Waals surface area contributed by atoms with Gasteiger partial charge in [0.05, 0.1) is 6.04 Å². The summed E-state index contributed by atoms with van der Waals surface area (Å²) in [6.07, 6.45) is -0.856. The predicted octanol–water partition coefficient (Wildman–Crippen LogP) is 2.40. The summed E-state index contributed by atoms with van der Waals surface area (Å²) >= 11 is 5.87. The van der Waals surface area contributed by atoms with Gasteiger partial charge >= 0.3 is 6.09 Å². The molecule has 0 bridgehead atoms. The fourth-order valence-electron chi connectivity index (χ4n) is 2.55. The molecule has 1 aromatic rings. The number of hydrogen-bond acceptors (Lipinski definition) is 2. The van der Waals surface area contributed by atoms with Crippen LogP contribution in [0.2, 0.25) is 5.02 Å². The van der Waals surface area contributed by atoms with Crippen molar-refractivity contribution < 1.29 is 9.90 Å². The van der Waals surface area contributed by atoms with Crippen molar-refractivity contribution in [3.63, 3.8) is 0 Å². The van der Waals surface area contributed by atoms with Crippen molar-refractivity contribution in [2.75, 3.05) is 19.6 Å². The van der Waals surface area contributed by atoms with Crippen LogP contribution in [-0.2, 0) is 0 Å². The lowest BCUT2D eigenvalue weighted by Gasteiger charge is -2.29. The average molecular weight is 269 g/mol. The second-order valence-corrected chi connectivity index (χ2v) is 4.89. The van der Waals surface area contributed by atoms with Crippen molar-refractivity contribution >= 4 is 17.7 Å². The molecule has 1 aliphatic heterocycles. The van der Waals surface area contributed by atoms with Crippen LogP contribution in [0.3, 0.4) is 0 Å². The van der Waals surface area contributed by atoms with Gasteiger partial charge in [-0.2, -0.15) is 0 Å². The number of nitrogens with one attached hydrogen (secondary N) is 1. The quantitative estimate of drug-likeness (QED) is 0.885. The number of amides is 1. The minimum absolute atomic E-state index is 0.00586. The molecule has 1 aliphatic rings. The molecule has 2 atom stereocenters. The molecule has 0 aliphatic carbocycles. The third kappa shape index (κ3) is 2.60. The van der Waals surface area contributed by atoms with E-state index in [1.165, 1.54) is 4.90 Å². The first-order valence-electron chi connectivity index (χ1n) is 6.09. The Morgan fingerprint density at radius 1 is 1.44 bits per heavy atom. The molecular formula is C13H17ClN2O2. The molecule has 0 aromatic heterocycles. The van der Waals surface area contributed by atoms with Crippen LogP contribution in [0.15, 0.2) is 24.3 Å². The summed E-state index contributed by atoms with van der Waals surface area (Å²) in [6.45, 7) is 3.88. The van der Waals surface area contributed by atoms with Crippen LogP contribution >= 0.6 is 11.6 Å². The Morgan fingerprint density at radius 3 is 2.67 bits per heavy atom. The van der Waals surface area contributed by atoms with Crippen molar-refractivity contribution in [2.24, 2.45) is 0 Å². The molecule has 4 nitrogen and oxygen atoms in total. The molecule has 0 saturated carbocycles. The maximum atomic E-state index is 11.2. The van der Waals surface area contributed by atoms with Gasteiger partial charge in [-0.15, -0.1) is 0 Å². The number of halogens is 1. The summed E-state index contributed by atoms with van der Waals surface area (Å²) in [5, 5.41) is 13.2. The molecule has 0 unspecified atom stereocenters. The van der Waals surface area contributed by atoms with Gasteiger partial charge in [0.25, 0.3) is 0 Å². The van der Waals surface area contributed by atoms with Crippen LogP contribution in [-0.4, -0.2) is 41.8 Å². The molecule has 1 aromatic carbocycles. The largest absolute Gasteiger partial charge is 0.465 e. The Balaban J connectivity index is 2.21. The van der Waals surface area contributed by atoms with E-state index >= 15 is 0 Å². The SMILES string of the molecule is CCN(C(=O)O)[C@@H]1CNC[C@H]1c1ccc(Cl)cc1. The summed E-state index contributed by atoms with van der Waals surface area (Å²) in [7, 11) is 0. The van der Waals surface area contributed by atoms with Crippen molar-refractivity contribution in [3.05, 3.63) is 34.9 Å². The van der Waals surface area contributed by atoms with Crippen molar-refractivity contribution in [1.82, 2.24) is 10.2 Å². The lowest BCUT2D eigenvalue weighted by Crippen LogP contribution is -2.43. The first kappa shape index (κ1) is 13.2. The Labute approximate surface area is 112 Å². The second-order valence-electron chi connectivity index (χ2n) is 4.45. The molecule has 1 saturated heterocycles. The Kier molecular flexibility index (Phi) is 4.09. The topological polar surface area (TPSA) is 52.6 Å². The molecule has 18 heavy (non-hydrogen) atoms. The van der Waals surface area contributed by atoms with Gasteiger partial charge in [0.2, 0.25) is 0 Å². The minimum atomic E-state index is -0.856. The van der Waals surface area contributed by atoms with E-state index in [4.69, 9.17) is 11.6 Å². The molecule has 0 spiro atoms. The highest BCUT2D eigenvalue weighted by Crippen LogP contribution is 2.27. The Bertz CT molecular complexity index is 422. The van der Waals surface area contributed by atoms with Gasteiger partial charge in [-0.25, -0.2) is 4.79 Å². The molecular weight excluding hydrogens is 252 g/mol. The molecule has 2 rings (SSSR count). The van der Waals surface area contributed by atoms with Crippen molar-refractivity contribution in [3.8, 4) is 0 Å². The minimum Gasteiger partial charge on any atom is -0.465 e. The highest BCUT2D eigenvalue weighted by Gasteiger charge is 2.34. The van der Waals surface area contributed by atoms with E-state index in [1.54, 1.807) is 0 Å². The second kappa shape index (κ2) is 5.59. The third-order valence-electron chi connectivity index (χ3n) is 3.47.